The van der Waals surface area contributed by atoms with Gasteiger partial charge in [0, 0.05) is 42.0 Å². The minimum absolute atomic E-state index is 0.180. The molecule has 5 aromatic rings. The summed E-state index contributed by atoms with van der Waals surface area (Å²) >= 11 is 6.06. The predicted molar refractivity (Wildman–Crippen MR) is 123 cm³/mol. The molecule has 0 bridgehead atoms. The number of benzene rings is 2. The summed E-state index contributed by atoms with van der Waals surface area (Å²) in [5.41, 5.74) is 10.5. The molecule has 3 aromatic heterocycles. The largest absolute Gasteiger partial charge is 0.380 e. The molecule has 8 heteroatoms. The highest BCUT2D eigenvalue weighted by Gasteiger charge is 2.10. The van der Waals surface area contributed by atoms with Gasteiger partial charge in [-0.1, -0.05) is 28.9 Å². The summed E-state index contributed by atoms with van der Waals surface area (Å²) in [4.78, 5) is 21.4. The third kappa shape index (κ3) is 4.10. The SMILES string of the molecule is Nc1noc2cc(CNC(=O)c3ccnc(Cc4ccc5ncc(Cl)cc5c4)c3)ccc12. The third-order valence-corrected chi connectivity index (χ3v) is 5.40. The first-order chi connectivity index (χ1) is 15.5. The maximum absolute atomic E-state index is 12.7. The van der Waals surface area contributed by atoms with Crippen LogP contribution in [0.2, 0.25) is 5.02 Å². The maximum atomic E-state index is 12.7. The Morgan fingerprint density at radius 1 is 1.03 bits per heavy atom. The Hall–Kier alpha value is -3.97. The van der Waals surface area contributed by atoms with E-state index in [1.165, 1.54) is 0 Å². The second-order valence-corrected chi connectivity index (χ2v) is 7.91. The van der Waals surface area contributed by atoms with Gasteiger partial charge in [-0.3, -0.25) is 14.8 Å². The molecule has 0 radical (unpaired) electrons. The summed E-state index contributed by atoms with van der Waals surface area (Å²) < 4.78 is 5.18. The highest BCUT2D eigenvalue weighted by atomic mass is 35.5. The van der Waals surface area contributed by atoms with E-state index in [0.29, 0.717) is 35.0 Å². The van der Waals surface area contributed by atoms with Gasteiger partial charge in [0.15, 0.2) is 11.4 Å². The second kappa shape index (κ2) is 8.28. The molecule has 7 nitrogen and oxygen atoms in total. The minimum Gasteiger partial charge on any atom is -0.380 e. The van der Waals surface area contributed by atoms with Crippen molar-refractivity contribution in [3.05, 3.63) is 94.4 Å². The number of pyridine rings is 2. The number of nitrogens with one attached hydrogen (secondary N) is 1. The summed E-state index contributed by atoms with van der Waals surface area (Å²) in [6.45, 7) is 0.353. The molecule has 0 aliphatic rings. The maximum Gasteiger partial charge on any atom is 0.251 e. The number of fused-ring (bicyclic) bond motifs is 2. The monoisotopic (exact) mass is 443 g/mol. The topological polar surface area (TPSA) is 107 Å². The van der Waals surface area contributed by atoms with Gasteiger partial charge in [0.2, 0.25) is 0 Å². The molecule has 158 valence electrons. The lowest BCUT2D eigenvalue weighted by Gasteiger charge is -2.08. The van der Waals surface area contributed by atoms with E-state index in [2.05, 4.69) is 20.4 Å². The molecular weight excluding hydrogens is 426 g/mol. The standard InChI is InChI=1S/C24H18ClN5O2/c25-18-10-17-7-14(2-4-21(17)28-13-18)8-19-11-16(5-6-27-19)24(31)29-12-15-1-3-20-22(9-15)32-30-23(20)26/h1-7,9-11,13H,8,12H2,(H2,26,30)(H,29,31). The summed E-state index contributed by atoms with van der Waals surface area (Å²) in [5, 5.41) is 8.99. The zero-order chi connectivity index (χ0) is 22.1. The quantitative estimate of drug-likeness (QED) is 0.413. The molecule has 2 aromatic carbocycles. The first-order valence-corrected chi connectivity index (χ1v) is 10.3. The van der Waals surface area contributed by atoms with E-state index in [1.54, 1.807) is 24.5 Å². The van der Waals surface area contributed by atoms with Crippen LogP contribution in [0.25, 0.3) is 21.9 Å². The predicted octanol–water partition coefficient (Wildman–Crippen LogP) is 4.53. The molecule has 3 N–H and O–H groups in total. The molecule has 0 aliphatic carbocycles. The van der Waals surface area contributed by atoms with E-state index in [1.807, 2.05) is 42.5 Å². The number of halogens is 1. The number of hydrogen-bond acceptors (Lipinski definition) is 6. The average molecular weight is 444 g/mol. The van der Waals surface area contributed by atoms with Crippen molar-refractivity contribution in [2.45, 2.75) is 13.0 Å². The molecule has 5 rings (SSSR count). The molecule has 0 saturated carbocycles. The van der Waals surface area contributed by atoms with Crippen molar-refractivity contribution >= 4 is 45.2 Å². The Kier molecular flexibility index (Phi) is 5.17. The number of hydrogen-bond donors (Lipinski definition) is 2. The zero-order valence-corrected chi connectivity index (χ0v) is 17.6. The average Bonchev–Trinajstić information content (AvgIpc) is 3.17. The Labute approximate surface area is 188 Å². The van der Waals surface area contributed by atoms with Crippen LogP contribution in [0, 0.1) is 0 Å². The van der Waals surface area contributed by atoms with E-state index in [4.69, 9.17) is 21.9 Å². The number of nitrogens with zero attached hydrogens (tertiary/aromatic N) is 3. The van der Waals surface area contributed by atoms with E-state index < -0.39 is 0 Å². The smallest absolute Gasteiger partial charge is 0.251 e. The van der Waals surface area contributed by atoms with Crippen molar-refractivity contribution in [3.8, 4) is 0 Å². The van der Waals surface area contributed by atoms with Crippen LogP contribution in [0.5, 0.6) is 0 Å². The van der Waals surface area contributed by atoms with Gasteiger partial charge < -0.3 is 15.6 Å². The molecule has 0 aliphatic heterocycles. The van der Waals surface area contributed by atoms with Crippen molar-refractivity contribution < 1.29 is 9.32 Å². The fraction of sp³-hybridized carbons (Fsp3) is 0.0833. The number of nitrogen functional groups attached to an aromatic ring is 1. The molecule has 0 saturated heterocycles. The second-order valence-electron chi connectivity index (χ2n) is 7.47. The van der Waals surface area contributed by atoms with Gasteiger partial charge in [0.05, 0.1) is 15.9 Å². The highest BCUT2D eigenvalue weighted by Crippen LogP contribution is 2.22. The van der Waals surface area contributed by atoms with Gasteiger partial charge in [-0.2, -0.15) is 0 Å². The summed E-state index contributed by atoms with van der Waals surface area (Å²) in [7, 11) is 0. The number of rotatable bonds is 5. The van der Waals surface area contributed by atoms with Gasteiger partial charge in [0.1, 0.15) is 0 Å². The Morgan fingerprint density at radius 2 is 1.91 bits per heavy atom. The number of anilines is 1. The first-order valence-electron chi connectivity index (χ1n) is 9.96. The van der Waals surface area contributed by atoms with Crippen molar-refractivity contribution in [2.24, 2.45) is 0 Å². The van der Waals surface area contributed by atoms with Crippen LogP contribution in [0.15, 0.2) is 71.5 Å². The molecule has 0 unspecified atom stereocenters. The number of carbonyl (C=O) groups excluding carboxylic acids is 1. The van der Waals surface area contributed by atoms with Crippen LogP contribution in [-0.4, -0.2) is 21.0 Å². The van der Waals surface area contributed by atoms with E-state index in [-0.39, 0.29) is 5.91 Å². The number of carbonyl (C=O) groups is 1. The number of amides is 1. The van der Waals surface area contributed by atoms with Gasteiger partial charge in [-0.05, 0) is 53.6 Å². The van der Waals surface area contributed by atoms with Crippen molar-refractivity contribution in [2.75, 3.05) is 5.73 Å². The normalized spacial score (nSPS) is 11.2. The Morgan fingerprint density at radius 3 is 2.81 bits per heavy atom. The molecular formula is C24H18ClN5O2. The summed E-state index contributed by atoms with van der Waals surface area (Å²) in [6, 6.07) is 16.9. The third-order valence-electron chi connectivity index (χ3n) is 5.19. The minimum atomic E-state index is -0.180. The molecule has 0 atom stereocenters. The Bertz CT molecular complexity index is 1460. The van der Waals surface area contributed by atoms with Crippen LogP contribution in [0.4, 0.5) is 5.82 Å². The van der Waals surface area contributed by atoms with Crippen LogP contribution < -0.4 is 11.1 Å². The molecule has 1 amide bonds. The molecule has 0 fully saturated rings. The molecule has 32 heavy (non-hydrogen) atoms. The van der Waals surface area contributed by atoms with E-state index in [0.717, 1.165) is 33.1 Å². The lowest BCUT2D eigenvalue weighted by atomic mass is 10.0. The van der Waals surface area contributed by atoms with Gasteiger partial charge in [-0.25, -0.2) is 0 Å². The fourth-order valence-corrected chi connectivity index (χ4v) is 3.75. The van der Waals surface area contributed by atoms with Crippen molar-refractivity contribution in [1.82, 2.24) is 20.4 Å². The number of aromatic nitrogens is 3. The zero-order valence-electron chi connectivity index (χ0n) is 16.9. The lowest BCUT2D eigenvalue weighted by molar-refractivity contribution is 0.0950. The van der Waals surface area contributed by atoms with E-state index >= 15 is 0 Å². The van der Waals surface area contributed by atoms with E-state index in [9.17, 15) is 4.79 Å². The first kappa shape index (κ1) is 20.0. The van der Waals surface area contributed by atoms with Gasteiger partial charge >= 0.3 is 0 Å². The molecule has 3 heterocycles. The van der Waals surface area contributed by atoms with Gasteiger partial charge in [0.25, 0.3) is 5.91 Å². The number of nitrogens with two attached hydrogens (primary N) is 1. The summed E-state index contributed by atoms with van der Waals surface area (Å²) in [6.07, 6.45) is 3.87. The van der Waals surface area contributed by atoms with Gasteiger partial charge in [-0.15, -0.1) is 0 Å². The van der Waals surface area contributed by atoms with Crippen molar-refractivity contribution in [3.63, 3.8) is 0 Å². The van der Waals surface area contributed by atoms with Crippen LogP contribution >= 0.6 is 11.6 Å². The Balaban J connectivity index is 1.29. The molecule has 0 spiro atoms. The lowest BCUT2D eigenvalue weighted by Crippen LogP contribution is -2.23. The fourth-order valence-electron chi connectivity index (χ4n) is 3.59. The van der Waals surface area contributed by atoms with Crippen LogP contribution in [0.3, 0.4) is 0 Å². The van der Waals surface area contributed by atoms with Crippen LogP contribution in [0.1, 0.15) is 27.2 Å². The van der Waals surface area contributed by atoms with Crippen molar-refractivity contribution in [1.29, 1.82) is 0 Å². The highest BCUT2D eigenvalue weighted by molar-refractivity contribution is 6.31. The summed E-state index contributed by atoms with van der Waals surface area (Å²) in [5.74, 6) is 0.172. The van der Waals surface area contributed by atoms with Crippen LogP contribution in [-0.2, 0) is 13.0 Å².